The molecule has 0 aromatic rings. The second-order valence-electron chi connectivity index (χ2n) is 7.21. The minimum atomic E-state index is -0.870. The zero-order valence-electron chi connectivity index (χ0n) is 14.5. The minimum absolute atomic E-state index is 0.182. The lowest BCUT2D eigenvalue weighted by Crippen LogP contribution is -2.55. The highest BCUT2D eigenvalue weighted by molar-refractivity contribution is 5.95. The molecular weight excluding hydrogens is 300 g/mol. The van der Waals surface area contributed by atoms with Crippen LogP contribution in [0, 0.1) is 0 Å². The maximum Gasteiger partial charge on any atom is 0.411 e. The van der Waals surface area contributed by atoms with Crippen LogP contribution in [-0.2, 0) is 19.1 Å². The third kappa shape index (κ3) is 3.14. The van der Waals surface area contributed by atoms with Gasteiger partial charge in [-0.2, -0.15) is 0 Å². The van der Waals surface area contributed by atoms with Gasteiger partial charge in [0.05, 0.1) is 7.11 Å². The van der Waals surface area contributed by atoms with Gasteiger partial charge < -0.3 is 14.4 Å². The fraction of sp³-hybridized carbons (Fsp3) is 0.812. The van der Waals surface area contributed by atoms with Gasteiger partial charge in [-0.05, 0) is 47.0 Å². The SMILES string of the molecule is COC(=O)C(C)N1CCC2(CCCN2C(=O)OC(C)(C)C)C1=O. The van der Waals surface area contributed by atoms with Crippen molar-refractivity contribution in [1.82, 2.24) is 9.80 Å². The molecule has 2 aliphatic heterocycles. The van der Waals surface area contributed by atoms with Gasteiger partial charge in [-0.1, -0.05) is 0 Å². The van der Waals surface area contributed by atoms with E-state index in [1.807, 2.05) is 0 Å². The lowest BCUT2D eigenvalue weighted by atomic mass is 9.94. The summed E-state index contributed by atoms with van der Waals surface area (Å²) in [4.78, 5) is 40.2. The molecule has 0 radical (unpaired) electrons. The molecule has 0 aromatic heterocycles. The van der Waals surface area contributed by atoms with Crippen molar-refractivity contribution in [3.8, 4) is 0 Å². The van der Waals surface area contributed by atoms with Crippen LogP contribution in [0.15, 0.2) is 0 Å². The number of hydrogen-bond acceptors (Lipinski definition) is 5. The zero-order chi connectivity index (χ0) is 17.4. The first-order valence-electron chi connectivity index (χ1n) is 8.02. The van der Waals surface area contributed by atoms with Crippen molar-refractivity contribution in [1.29, 1.82) is 0 Å². The lowest BCUT2D eigenvalue weighted by molar-refractivity contribution is -0.152. The van der Waals surface area contributed by atoms with E-state index < -0.39 is 29.2 Å². The Kier molecular flexibility index (Phi) is 4.59. The van der Waals surface area contributed by atoms with Crippen LogP contribution in [0.2, 0.25) is 0 Å². The number of carbonyl (C=O) groups excluding carboxylic acids is 3. The van der Waals surface area contributed by atoms with Crippen LogP contribution >= 0.6 is 0 Å². The Morgan fingerprint density at radius 3 is 2.43 bits per heavy atom. The molecule has 130 valence electrons. The highest BCUT2D eigenvalue weighted by atomic mass is 16.6. The van der Waals surface area contributed by atoms with Gasteiger partial charge in [0.2, 0.25) is 5.91 Å². The average Bonchev–Trinajstić information content (AvgIpc) is 3.02. The predicted molar refractivity (Wildman–Crippen MR) is 82.7 cm³/mol. The Morgan fingerprint density at radius 2 is 1.87 bits per heavy atom. The molecule has 2 saturated heterocycles. The Balaban J connectivity index is 2.19. The number of ether oxygens (including phenoxy) is 2. The molecule has 2 amide bonds. The highest BCUT2D eigenvalue weighted by Gasteiger charge is 2.57. The van der Waals surface area contributed by atoms with Crippen LogP contribution in [0.5, 0.6) is 0 Å². The summed E-state index contributed by atoms with van der Waals surface area (Å²) in [6.07, 6.45) is 1.42. The molecule has 7 nitrogen and oxygen atoms in total. The van der Waals surface area contributed by atoms with Crippen LogP contribution in [0.3, 0.4) is 0 Å². The van der Waals surface area contributed by atoms with E-state index in [-0.39, 0.29) is 5.91 Å². The van der Waals surface area contributed by atoms with Crippen LogP contribution in [0.4, 0.5) is 4.79 Å². The van der Waals surface area contributed by atoms with Crippen LogP contribution in [-0.4, -0.2) is 65.2 Å². The summed E-state index contributed by atoms with van der Waals surface area (Å²) < 4.78 is 10.2. The molecule has 2 fully saturated rings. The third-order valence-electron chi connectivity index (χ3n) is 4.54. The van der Waals surface area contributed by atoms with Gasteiger partial charge in [-0.15, -0.1) is 0 Å². The maximum atomic E-state index is 12.9. The van der Waals surface area contributed by atoms with Gasteiger partial charge in [-0.3, -0.25) is 9.69 Å². The van der Waals surface area contributed by atoms with E-state index in [0.29, 0.717) is 25.9 Å². The van der Waals surface area contributed by atoms with Gasteiger partial charge >= 0.3 is 12.1 Å². The number of likely N-dealkylation sites (tertiary alicyclic amines) is 2. The number of hydrogen-bond donors (Lipinski definition) is 0. The van der Waals surface area contributed by atoms with E-state index in [9.17, 15) is 14.4 Å². The molecule has 7 heteroatoms. The number of rotatable bonds is 2. The molecule has 0 bridgehead atoms. The van der Waals surface area contributed by atoms with E-state index >= 15 is 0 Å². The van der Waals surface area contributed by atoms with E-state index in [1.54, 1.807) is 32.6 Å². The maximum absolute atomic E-state index is 12.9. The molecule has 2 atom stereocenters. The monoisotopic (exact) mass is 326 g/mol. The van der Waals surface area contributed by atoms with Crippen molar-refractivity contribution < 1.29 is 23.9 Å². The summed E-state index contributed by atoms with van der Waals surface area (Å²) in [7, 11) is 1.30. The number of nitrogens with zero attached hydrogens (tertiary/aromatic N) is 2. The van der Waals surface area contributed by atoms with Crippen LogP contribution in [0.25, 0.3) is 0 Å². The molecule has 2 aliphatic rings. The van der Waals surface area contributed by atoms with Crippen LogP contribution < -0.4 is 0 Å². The molecule has 0 aliphatic carbocycles. The fourth-order valence-electron chi connectivity index (χ4n) is 3.39. The van der Waals surface area contributed by atoms with Crippen molar-refractivity contribution in [3.05, 3.63) is 0 Å². The summed E-state index contributed by atoms with van der Waals surface area (Å²) in [6, 6.07) is -0.645. The van der Waals surface area contributed by atoms with Gasteiger partial charge in [0.25, 0.3) is 0 Å². The van der Waals surface area contributed by atoms with E-state index in [0.717, 1.165) is 6.42 Å². The van der Waals surface area contributed by atoms with Crippen molar-refractivity contribution in [3.63, 3.8) is 0 Å². The van der Waals surface area contributed by atoms with Crippen molar-refractivity contribution in [2.45, 2.75) is 64.1 Å². The van der Waals surface area contributed by atoms with E-state index in [2.05, 4.69) is 0 Å². The third-order valence-corrected chi connectivity index (χ3v) is 4.54. The minimum Gasteiger partial charge on any atom is -0.467 e. The number of carbonyl (C=O) groups is 3. The molecule has 2 heterocycles. The smallest absolute Gasteiger partial charge is 0.411 e. The van der Waals surface area contributed by atoms with Crippen LogP contribution in [0.1, 0.15) is 47.0 Å². The molecule has 0 saturated carbocycles. The van der Waals surface area contributed by atoms with Crippen molar-refractivity contribution in [2.75, 3.05) is 20.2 Å². The summed E-state index contributed by atoms with van der Waals surface area (Å²) in [5, 5.41) is 0. The van der Waals surface area contributed by atoms with E-state index in [1.165, 1.54) is 12.0 Å². The second kappa shape index (κ2) is 6.02. The largest absolute Gasteiger partial charge is 0.467 e. The summed E-state index contributed by atoms with van der Waals surface area (Å²) in [5.74, 6) is -0.629. The predicted octanol–water partition coefficient (Wildman–Crippen LogP) is 1.55. The zero-order valence-corrected chi connectivity index (χ0v) is 14.5. The first kappa shape index (κ1) is 17.6. The second-order valence-corrected chi connectivity index (χ2v) is 7.21. The molecule has 0 N–H and O–H groups in total. The summed E-state index contributed by atoms with van der Waals surface area (Å²) in [5.41, 5.74) is -1.48. The Morgan fingerprint density at radius 1 is 1.22 bits per heavy atom. The lowest BCUT2D eigenvalue weighted by Gasteiger charge is -2.35. The Labute approximate surface area is 136 Å². The molecule has 23 heavy (non-hydrogen) atoms. The fourth-order valence-corrected chi connectivity index (χ4v) is 3.39. The average molecular weight is 326 g/mol. The highest BCUT2D eigenvalue weighted by Crippen LogP contribution is 2.40. The first-order valence-corrected chi connectivity index (χ1v) is 8.02. The summed E-state index contributed by atoms with van der Waals surface area (Å²) in [6.45, 7) is 7.99. The van der Waals surface area contributed by atoms with Gasteiger partial charge in [0, 0.05) is 13.1 Å². The Hall–Kier alpha value is -1.79. The molecular formula is C16H26N2O5. The molecule has 1 spiro atoms. The number of esters is 1. The van der Waals surface area contributed by atoms with E-state index in [4.69, 9.17) is 9.47 Å². The summed E-state index contributed by atoms with van der Waals surface area (Å²) >= 11 is 0. The topological polar surface area (TPSA) is 76.2 Å². The van der Waals surface area contributed by atoms with Crippen molar-refractivity contribution >= 4 is 18.0 Å². The van der Waals surface area contributed by atoms with Gasteiger partial charge in [-0.25, -0.2) is 9.59 Å². The molecule has 2 unspecified atom stereocenters. The Bertz CT molecular complexity index is 513. The van der Waals surface area contributed by atoms with Crippen molar-refractivity contribution in [2.24, 2.45) is 0 Å². The van der Waals surface area contributed by atoms with Gasteiger partial charge in [0.15, 0.2) is 0 Å². The standard InChI is InChI=1S/C16H26N2O5/c1-11(12(19)22-5)17-10-8-16(13(17)20)7-6-9-18(16)14(21)23-15(2,3)4/h11H,6-10H2,1-5H3. The van der Waals surface area contributed by atoms with Gasteiger partial charge in [0.1, 0.15) is 17.2 Å². The first-order chi connectivity index (χ1) is 10.6. The number of methoxy groups -OCH3 is 1. The number of amides is 2. The normalized spacial score (nSPS) is 25.9. The molecule has 0 aromatic carbocycles. The quantitative estimate of drug-likeness (QED) is 0.720. The molecule has 2 rings (SSSR count).